The van der Waals surface area contributed by atoms with Gasteiger partial charge < -0.3 is 9.13 Å². The minimum Gasteiger partial charge on any atom is -0.373 e. The van der Waals surface area contributed by atoms with E-state index in [1.165, 1.54) is 16.8 Å². The Morgan fingerprint density at radius 2 is 1.83 bits per heavy atom. The number of hydrogen-bond acceptors (Lipinski definition) is 2. The molecule has 0 aliphatic carbocycles. The zero-order chi connectivity index (χ0) is 16.0. The third-order valence-electron chi connectivity index (χ3n) is 4.22. The van der Waals surface area contributed by atoms with Crippen molar-refractivity contribution in [2.24, 2.45) is 7.05 Å². The van der Waals surface area contributed by atoms with Gasteiger partial charge in [0.25, 0.3) is 0 Å². The molecule has 4 rings (SSSR count). The van der Waals surface area contributed by atoms with E-state index in [-0.39, 0.29) is 20.1 Å². The summed E-state index contributed by atoms with van der Waals surface area (Å²) in [5.41, 5.74) is 6.60. The summed E-state index contributed by atoms with van der Waals surface area (Å²) in [6.45, 7) is 4.25. The van der Waals surface area contributed by atoms with E-state index in [0.29, 0.717) is 0 Å². The molecule has 4 aromatic rings. The first-order valence-electron chi connectivity index (χ1n) is 7.58. The average molecular weight is 494 g/mol. The molecule has 0 aliphatic heterocycles. The smallest absolute Gasteiger partial charge is 0.0853 e. The third kappa shape index (κ3) is 2.60. The van der Waals surface area contributed by atoms with Crippen LogP contribution in [0, 0.1) is 19.9 Å². The summed E-state index contributed by atoms with van der Waals surface area (Å²) in [6.07, 6.45) is 5.65. The number of aromatic nitrogens is 4. The van der Waals surface area contributed by atoms with E-state index in [1.807, 2.05) is 42.5 Å². The number of benzene rings is 2. The maximum atomic E-state index is 4.56. The Kier molecular flexibility index (Phi) is 4.39. The molecule has 0 aliphatic rings. The zero-order valence-electron chi connectivity index (χ0n) is 13.7. The second kappa shape index (κ2) is 6.34. The van der Waals surface area contributed by atoms with Crippen molar-refractivity contribution in [1.29, 1.82) is 0 Å². The van der Waals surface area contributed by atoms with E-state index < -0.39 is 0 Å². The summed E-state index contributed by atoms with van der Waals surface area (Å²) in [7, 11) is 1.99. The zero-order valence-corrected chi connectivity index (χ0v) is 16.1. The maximum Gasteiger partial charge on any atom is 0.0853 e. The van der Waals surface area contributed by atoms with E-state index in [2.05, 4.69) is 52.6 Å². The quantitative estimate of drug-likeness (QED) is 0.398. The van der Waals surface area contributed by atoms with Crippen LogP contribution in [0.25, 0.3) is 28.1 Å². The van der Waals surface area contributed by atoms with Gasteiger partial charge in [-0.25, -0.2) is 0 Å². The van der Waals surface area contributed by atoms with Crippen LogP contribution in [-0.4, -0.2) is 19.1 Å². The van der Waals surface area contributed by atoms with Crippen molar-refractivity contribution in [3.63, 3.8) is 0 Å². The van der Waals surface area contributed by atoms with E-state index in [0.717, 1.165) is 22.4 Å². The summed E-state index contributed by atoms with van der Waals surface area (Å²) < 4.78 is 4.12. The predicted molar refractivity (Wildman–Crippen MR) is 91.6 cm³/mol. The Balaban J connectivity index is 0.00000169. The van der Waals surface area contributed by atoms with Crippen molar-refractivity contribution in [2.45, 2.75) is 13.8 Å². The van der Waals surface area contributed by atoms with Crippen LogP contribution in [0.2, 0.25) is 0 Å². The molecule has 5 heteroatoms. The van der Waals surface area contributed by atoms with Gasteiger partial charge in [0, 0.05) is 50.8 Å². The van der Waals surface area contributed by atoms with Crippen molar-refractivity contribution in [3.05, 3.63) is 66.2 Å². The van der Waals surface area contributed by atoms with Crippen LogP contribution in [0.4, 0.5) is 0 Å². The van der Waals surface area contributed by atoms with Crippen LogP contribution < -0.4 is 0 Å². The molecule has 0 saturated heterocycles. The first kappa shape index (κ1) is 16.6. The Morgan fingerprint density at radius 1 is 1.08 bits per heavy atom. The fourth-order valence-electron chi connectivity index (χ4n) is 3.07. The fourth-order valence-corrected chi connectivity index (χ4v) is 3.07. The number of hydrogen-bond donors (Lipinski definition) is 0. The first-order valence-corrected chi connectivity index (χ1v) is 7.58. The van der Waals surface area contributed by atoms with E-state index in [4.69, 9.17) is 0 Å². The Hall–Kier alpha value is -2.23. The molecule has 4 nitrogen and oxygen atoms in total. The monoisotopic (exact) mass is 494 g/mol. The summed E-state index contributed by atoms with van der Waals surface area (Å²) in [5, 5.41) is 0. The van der Waals surface area contributed by atoms with Crippen molar-refractivity contribution < 1.29 is 20.1 Å². The fraction of sp³-hybridized carbons (Fsp3) is 0.158. The Labute approximate surface area is 154 Å². The van der Waals surface area contributed by atoms with Crippen LogP contribution >= 0.6 is 0 Å². The number of fused-ring (bicyclic) bond motifs is 1. The van der Waals surface area contributed by atoms with Gasteiger partial charge in [-0.05, 0) is 30.5 Å². The van der Waals surface area contributed by atoms with Crippen molar-refractivity contribution >= 4 is 11.0 Å². The van der Waals surface area contributed by atoms with Gasteiger partial charge >= 0.3 is 0 Å². The van der Waals surface area contributed by atoms with E-state index >= 15 is 0 Å². The standard InChI is InChI=1S/C19H17N4.Ir/c1-13-5-4-6-14(2)18(13)23-10-9-20-19(23)15-7-8-17-16(11-15)21-12-22(17)3;/h4-6,8-12H,1-3H3;/q-1;. The molecule has 2 heterocycles. The van der Waals surface area contributed by atoms with Crippen molar-refractivity contribution in [3.8, 4) is 17.1 Å². The minimum atomic E-state index is 0. The molecule has 1 radical (unpaired) electrons. The third-order valence-corrected chi connectivity index (χ3v) is 4.22. The molecule has 0 amide bonds. The topological polar surface area (TPSA) is 35.6 Å². The van der Waals surface area contributed by atoms with E-state index in [9.17, 15) is 0 Å². The maximum absolute atomic E-state index is 4.56. The molecule has 0 saturated carbocycles. The van der Waals surface area contributed by atoms with Crippen LogP contribution in [0.5, 0.6) is 0 Å². The molecular weight excluding hydrogens is 476 g/mol. The Bertz CT molecular complexity index is 993. The van der Waals surface area contributed by atoms with Crippen LogP contribution in [-0.2, 0) is 27.2 Å². The van der Waals surface area contributed by atoms with Crippen molar-refractivity contribution in [2.75, 3.05) is 0 Å². The molecule has 0 spiro atoms. The molecule has 24 heavy (non-hydrogen) atoms. The van der Waals surface area contributed by atoms with Gasteiger partial charge in [-0.3, -0.25) is 9.97 Å². The molecule has 0 N–H and O–H groups in total. The minimum absolute atomic E-state index is 0. The van der Waals surface area contributed by atoms with E-state index in [1.54, 1.807) is 0 Å². The predicted octanol–water partition coefficient (Wildman–Crippen LogP) is 3.84. The number of imidazole rings is 2. The average Bonchev–Trinajstić information content (AvgIpc) is 3.14. The van der Waals surface area contributed by atoms with Gasteiger partial charge in [0.15, 0.2) is 0 Å². The molecule has 2 aromatic carbocycles. The largest absolute Gasteiger partial charge is 0.373 e. The first-order chi connectivity index (χ1) is 11.1. The van der Waals surface area contributed by atoms with Gasteiger partial charge in [0.05, 0.1) is 12.2 Å². The molecule has 0 unspecified atom stereocenters. The summed E-state index contributed by atoms with van der Waals surface area (Å²) >= 11 is 0. The summed E-state index contributed by atoms with van der Waals surface area (Å²) in [6, 6.07) is 13.7. The number of para-hydroxylation sites is 1. The molecule has 0 fully saturated rings. The van der Waals surface area contributed by atoms with Gasteiger partial charge in [-0.2, -0.15) is 0 Å². The second-order valence-corrected chi connectivity index (χ2v) is 5.83. The van der Waals surface area contributed by atoms with Crippen LogP contribution in [0.3, 0.4) is 0 Å². The molecule has 0 atom stereocenters. The molecule has 0 bridgehead atoms. The van der Waals surface area contributed by atoms with Crippen molar-refractivity contribution in [1.82, 2.24) is 19.1 Å². The SMILES string of the molecule is Cc1cccc(C)c1-n1ccnc1-c1[c-]cc2c(c1)ncn2C.[Ir]. The molecule has 123 valence electrons. The number of nitrogens with zero attached hydrogens (tertiary/aromatic N) is 4. The van der Waals surface area contributed by atoms with Gasteiger partial charge in [-0.1, -0.05) is 18.2 Å². The summed E-state index contributed by atoms with van der Waals surface area (Å²) in [5.74, 6) is 0.884. The van der Waals surface area contributed by atoms with Crippen LogP contribution in [0.15, 0.2) is 49.1 Å². The number of aryl methyl sites for hydroxylation is 3. The van der Waals surface area contributed by atoms with Gasteiger partial charge in [-0.15, -0.1) is 23.8 Å². The second-order valence-electron chi connectivity index (χ2n) is 5.83. The summed E-state index contributed by atoms with van der Waals surface area (Å²) in [4.78, 5) is 8.99. The molecule has 2 aromatic heterocycles. The normalized spacial score (nSPS) is 10.8. The number of rotatable bonds is 2. The van der Waals surface area contributed by atoms with Gasteiger partial charge in [0.2, 0.25) is 0 Å². The molecular formula is C19H17IrN4-. The Morgan fingerprint density at radius 3 is 2.58 bits per heavy atom. The van der Waals surface area contributed by atoms with Gasteiger partial charge in [0.1, 0.15) is 0 Å². The van der Waals surface area contributed by atoms with Crippen LogP contribution in [0.1, 0.15) is 11.1 Å².